The van der Waals surface area contributed by atoms with E-state index in [9.17, 15) is 9.18 Å². The molecule has 1 saturated heterocycles. The molecule has 0 spiro atoms. The third-order valence-corrected chi connectivity index (χ3v) is 6.80. The minimum Gasteiger partial charge on any atom is -0.455 e. The zero-order valence-corrected chi connectivity index (χ0v) is 19.0. The van der Waals surface area contributed by atoms with E-state index in [1.165, 1.54) is 63.5 Å². The van der Waals surface area contributed by atoms with Crippen LogP contribution in [0.2, 0.25) is 0 Å². The molecule has 174 valence electrons. The van der Waals surface area contributed by atoms with Gasteiger partial charge in [0.15, 0.2) is 5.76 Å². The summed E-state index contributed by atoms with van der Waals surface area (Å²) in [6, 6.07) is 10.9. The fourth-order valence-electron chi connectivity index (χ4n) is 4.97. The molecule has 2 aromatic rings. The van der Waals surface area contributed by atoms with Gasteiger partial charge in [-0.25, -0.2) is 4.39 Å². The summed E-state index contributed by atoms with van der Waals surface area (Å²) in [6.45, 7) is 5.21. The van der Waals surface area contributed by atoms with Crippen LogP contribution in [0.15, 0.2) is 40.8 Å². The molecule has 0 bridgehead atoms. The maximum absolute atomic E-state index is 13.3. The second kappa shape index (κ2) is 11.6. The predicted octanol–water partition coefficient (Wildman–Crippen LogP) is 4.97. The highest BCUT2D eigenvalue weighted by Crippen LogP contribution is 2.26. The molecule has 1 aliphatic carbocycles. The first-order valence-electron chi connectivity index (χ1n) is 12.2. The van der Waals surface area contributed by atoms with Crippen molar-refractivity contribution in [3.8, 4) is 0 Å². The first kappa shape index (κ1) is 23.0. The third-order valence-electron chi connectivity index (χ3n) is 6.80. The van der Waals surface area contributed by atoms with Crippen molar-refractivity contribution in [2.75, 3.05) is 26.2 Å². The molecule has 0 atom stereocenters. The van der Waals surface area contributed by atoms with Crippen LogP contribution < -0.4 is 5.32 Å². The minimum absolute atomic E-state index is 0.143. The number of rotatable bonds is 9. The summed E-state index contributed by atoms with van der Waals surface area (Å²) < 4.78 is 19.3. The topological polar surface area (TPSA) is 48.7 Å². The number of carbonyl (C=O) groups excluding carboxylic acids is 1. The van der Waals surface area contributed by atoms with Crippen molar-refractivity contribution in [1.29, 1.82) is 0 Å². The summed E-state index contributed by atoms with van der Waals surface area (Å²) in [4.78, 5) is 17.4. The molecule has 2 heterocycles. The molecule has 1 amide bonds. The minimum atomic E-state index is -0.208. The lowest BCUT2D eigenvalue weighted by atomic mass is 9.93. The van der Waals surface area contributed by atoms with E-state index in [1.54, 1.807) is 6.07 Å². The summed E-state index contributed by atoms with van der Waals surface area (Å²) in [5.41, 5.74) is 1.10. The van der Waals surface area contributed by atoms with Gasteiger partial charge in [-0.05, 0) is 68.6 Å². The van der Waals surface area contributed by atoms with E-state index in [0.29, 0.717) is 24.9 Å². The number of likely N-dealkylation sites (tertiary alicyclic amines) is 1. The molecular weight excluding hydrogens is 405 g/mol. The largest absolute Gasteiger partial charge is 0.455 e. The Labute approximate surface area is 191 Å². The fraction of sp³-hybridized carbons (Fsp3) is 0.577. The number of nitrogens with zero attached hydrogens (tertiary/aromatic N) is 2. The van der Waals surface area contributed by atoms with Gasteiger partial charge in [-0.3, -0.25) is 9.69 Å². The lowest BCUT2D eigenvalue weighted by molar-refractivity contribution is 0.0909. The number of piperidine rings is 1. The number of furan rings is 1. The van der Waals surface area contributed by atoms with Crippen LogP contribution in [-0.4, -0.2) is 47.9 Å². The molecule has 32 heavy (non-hydrogen) atoms. The normalized spacial score (nSPS) is 18.2. The van der Waals surface area contributed by atoms with Gasteiger partial charge in [-0.1, -0.05) is 37.8 Å². The van der Waals surface area contributed by atoms with Gasteiger partial charge in [0.25, 0.3) is 5.91 Å². The van der Waals surface area contributed by atoms with Crippen molar-refractivity contribution < 1.29 is 13.6 Å². The van der Waals surface area contributed by atoms with Gasteiger partial charge < -0.3 is 14.6 Å². The molecule has 1 aromatic heterocycles. The average Bonchev–Trinajstić information content (AvgIpc) is 3.30. The van der Waals surface area contributed by atoms with Crippen LogP contribution >= 0.6 is 0 Å². The zero-order chi connectivity index (χ0) is 22.2. The van der Waals surface area contributed by atoms with E-state index < -0.39 is 0 Å². The van der Waals surface area contributed by atoms with Gasteiger partial charge in [0.05, 0.1) is 6.54 Å². The molecule has 2 fully saturated rings. The van der Waals surface area contributed by atoms with Crippen molar-refractivity contribution in [2.45, 2.75) is 70.5 Å². The quantitative estimate of drug-likeness (QED) is 0.597. The Bertz CT molecular complexity index is 839. The number of amides is 1. The number of hydrogen-bond donors (Lipinski definition) is 1. The maximum atomic E-state index is 13.3. The number of benzene rings is 1. The number of nitrogens with one attached hydrogen (secondary N) is 1. The Balaban J connectivity index is 1.33. The van der Waals surface area contributed by atoms with Gasteiger partial charge in [0.2, 0.25) is 0 Å². The van der Waals surface area contributed by atoms with E-state index in [0.717, 1.165) is 37.5 Å². The molecule has 1 N–H and O–H groups in total. The Morgan fingerprint density at radius 1 is 0.969 bits per heavy atom. The Kier molecular flexibility index (Phi) is 8.35. The van der Waals surface area contributed by atoms with Crippen molar-refractivity contribution >= 4 is 5.91 Å². The monoisotopic (exact) mass is 441 g/mol. The first-order chi connectivity index (χ1) is 15.7. The molecule has 4 rings (SSSR count). The van der Waals surface area contributed by atoms with Gasteiger partial charge in [-0.15, -0.1) is 0 Å². The van der Waals surface area contributed by atoms with Crippen LogP contribution in [0.5, 0.6) is 0 Å². The van der Waals surface area contributed by atoms with Gasteiger partial charge in [0, 0.05) is 25.7 Å². The first-order valence-corrected chi connectivity index (χ1v) is 12.2. The van der Waals surface area contributed by atoms with Crippen LogP contribution in [0.1, 0.15) is 73.2 Å². The summed E-state index contributed by atoms with van der Waals surface area (Å²) in [7, 11) is 0. The van der Waals surface area contributed by atoms with E-state index in [4.69, 9.17) is 4.42 Å². The SMILES string of the molecule is O=C(NCCN1CCCCC1)c1ccc(CN(Cc2ccc(F)cc2)C2CCCCC2)o1. The highest BCUT2D eigenvalue weighted by atomic mass is 19.1. The molecule has 2 aliphatic rings. The van der Waals surface area contributed by atoms with E-state index in [-0.39, 0.29) is 11.7 Å². The highest BCUT2D eigenvalue weighted by Gasteiger charge is 2.23. The van der Waals surface area contributed by atoms with E-state index >= 15 is 0 Å². The molecule has 0 unspecified atom stereocenters. The standard InChI is InChI=1S/C26H36FN3O2/c27-22-11-9-21(10-12-22)19-30(23-7-3-1-4-8-23)20-24-13-14-25(32-24)26(31)28-15-18-29-16-5-2-6-17-29/h9-14,23H,1-8,15-20H2,(H,28,31). The second-order valence-electron chi connectivity index (χ2n) is 9.25. The third kappa shape index (κ3) is 6.66. The Morgan fingerprint density at radius 2 is 1.69 bits per heavy atom. The number of hydrogen-bond acceptors (Lipinski definition) is 4. The summed E-state index contributed by atoms with van der Waals surface area (Å²) in [5, 5.41) is 3.00. The molecule has 1 aromatic carbocycles. The lowest BCUT2D eigenvalue weighted by Crippen LogP contribution is -2.37. The molecule has 5 nitrogen and oxygen atoms in total. The molecular formula is C26H36FN3O2. The molecule has 1 saturated carbocycles. The molecule has 0 radical (unpaired) electrons. The van der Waals surface area contributed by atoms with Crippen molar-refractivity contribution in [2.24, 2.45) is 0 Å². The van der Waals surface area contributed by atoms with Gasteiger partial charge >= 0.3 is 0 Å². The zero-order valence-electron chi connectivity index (χ0n) is 19.0. The Hall–Kier alpha value is -2.18. The van der Waals surface area contributed by atoms with Crippen LogP contribution in [-0.2, 0) is 13.1 Å². The Morgan fingerprint density at radius 3 is 2.44 bits per heavy atom. The van der Waals surface area contributed by atoms with Crippen LogP contribution in [0.4, 0.5) is 4.39 Å². The highest BCUT2D eigenvalue weighted by molar-refractivity contribution is 5.91. The van der Waals surface area contributed by atoms with Crippen LogP contribution in [0.25, 0.3) is 0 Å². The smallest absolute Gasteiger partial charge is 0.287 e. The van der Waals surface area contributed by atoms with Crippen molar-refractivity contribution in [3.05, 3.63) is 59.3 Å². The molecule has 6 heteroatoms. The van der Waals surface area contributed by atoms with E-state index in [2.05, 4.69) is 15.1 Å². The van der Waals surface area contributed by atoms with Crippen LogP contribution in [0.3, 0.4) is 0 Å². The van der Waals surface area contributed by atoms with Crippen molar-refractivity contribution in [3.63, 3.8) is 0 Å². The maximum Gasteiger partial charge on any atom is 0.287 e. The molecule has 1 aliphatic heterocycles. The van der Waals surface area contributed by atoms with Crippen molar-refractivity contribution in [1.82, 2.24) is 15.1 Å². The summed E-state index contributed by atoms with van der Waals surface area (Å²) >= 11 is 0. The summed E-state index contributed by atoms with van der Waals surface area (Å²) in [6.07, 6.45) is 9.95. The summed E-state index contributed by atoms with van der Waals surface area (Å²) in [5.74, 6) is 0.832. The number of halogens is 1. The second-order valence-corrected chi connectivity index (χ2v) is 9.25. The lowest BCUT2D eigenvalue weighted by Gasteiger charge is -2.34. The van der Waals surface area contributed by atoms with Crippen LogP contribution in [0, 0.1) is 5.82 Å². The van der Waals surface area contributed by atoms with Gasteiger partial charge in [-0.2, -0.15) is 0 Å². The predicted molar refractivity (Wildman–Crippen MR) is 124 cm³/mol. The van der Waals surface area contributed by atoms with Gasteiger partial charge in [0.1, 0.15) is 11.6 Å². The number of carbonyl (C=O) groups is 1. The fourth-order valence-corrected chi connectivity index (χ4v) is 4.97. The average molecular weight is 442 g/mol. The van der Waals surface area contributed by atoms with E-state index in [1.807, 2.05) is 18.2 Å².